The van der Waals surface area contributed by atoms with Crippen LogP contribution in [0.3, 0.4) is 0 Å². The molecule has 1 aromatic carbocycles. The van der Waals surface area contributed by atoms with Gasteiger partial charge in [-0.3, -0.25) is 4.90 Å². The molecule has 1 saturated carbocycles. The quantitative estimate of drug-likeness (QED) is 0.797. The van der Waals surface area contributed by atoms with Crippen molar-refractivity contribution >= 4 is 17.3 Å². The number of nitrogen functional groups attached to an aromatic ring is 1. The van der Waals surface area contributed by atoms with Gasteiger partial charge in [0, 0.05) is 23.3 Å². The number of nitrogens with zero attached hydrogens (tertiary/aromatic N) is 1. The van der Waals surface area contributed by atoms with Crippen LogP contribution in [0.4, 0.5) is 5.69 Å². The van der Waals surface area contributed by atoms with E-state index in [-0.39, 0.29) is 0 Å². The van der Waals surface area contributed by atoms with Gasteiger partial charge in [-0.25, -0.2) is 0 Å². The van der Waals surface area contributed by atoms with E-state index in [1.54, 1.807) is 0 Å². The van der Waals surface area contributed by atoms with E-state index in [0.29, 0.717) is 5.02 Å². The Labute approximate surface area is 96.0 Å². The van der Waals surface area contributed by atoms with Crippen molar-refractivity contribution in [2.75, 3.05) is 12.3 Å². The Hall–Kier alpha value is -0.730. The van der Waals surface area contributed by atoms with Crippen LogP contribution < -0.4 is 5.73 Å². The molecule has 1 fully saturated rings. The van der Waals surface area contributed by atoms with Crippen molar-refractivity contribution in [1.82, 2.24) is 4.90 Å². The standard InChI is InChI=1S/C12H17ClN2/c1-2-15(11-5-6-11)8-9-3-4-10(13)7-12(9)14/h3-4,7,11H,2,5-6,8,14H2,1H3. The number of rotatable bonds is 4. The zero-order chi connectivity index (χ0) is 10.8. The molecule has 0 atom stereocenters. The summed E-state index contributed by atoms with van der Waals surface area (Å²) in [6, 6.07) is 6.55. The zero-order valence-electron chi connectivity index (χ0n) is 9.04. The topological polar surface area (TPSA) is 29.3 Å². The minimum absolute atomic E-state index is 0.714. The Morgan fingerprint density at radius 1 is 1.47 bits per heavy atom. The van der Waals surface area contributed by atoms with Crippen LogP contribution in [0.2, 0.25) is 5.02 Å². The number of hydrogen-bond acceptors (Lipinski definition) is 2. The molecule has 2 rings (SSSR count). The number of benzene rings is 1. The van der Waals surface area contributed by atoms with E-state index in [1.165, 1.54) is 18.4 Å². The third-order valence-corrected chi connectivity index (χ3v) is 3.19. The average Bonchev–Trinajstić information content (AvgIpc) is 3.00. The van der Waals surface area contributed by atoms with Crippen molar-refractivity contribution in [3.8, 4) is 0 Å². The van der Waals surface area contributed by atoms with Gasteiger partial charge in [0.15, 0.2) is 0 Å². The molecular weight excluding hydrogens is 208 g/mol. The highest BCUT2D eigenvalue weighted by Gasteiger charge is 2.27. The molecule has 0 unspecified atom stereocenters. The SMILES string of the molecule is CCN(Cc1ccc(Cl)cc1N)C1CC1. The first-order chi connectivity index (χ1) is 7.20. The summed E-state index contributed by atoms with van der Waals surface area (Å²) in [7, 11) is 0. The first-order valence-electron chi connectivity index (χ1n) is 5.48. The van der Waals surface area contributed by atoms with Crippen molar-refractivity contribution in [1.29, 1.82) is 0 Å². The second-order valence-corrected chi connectivity index (χ2v) is 4.57. The van der Waals surface area contributed by atoms with Crippen LogP contribution >= 0.6 is 11.6 Å². The van der Waals surface area contributed by atoms with E-state index < -0.39 is 0 Å². The molecule has 0 aromatic heterocycles. The first-order valence-corrected chi connectivity index (χ1v) is 5.86. The largest absolute Gasteiger partial charge is 0.398 e. The molecule has 3 heteroatoms. The monoisotopic (exact) mass is 224 g/mol. The second kappa shape index (κ2) is 4.42. The van der Waals surface area contributed by atoms with Gasteiger partial charge in [0.05, 0.1) is 0 Å². The summed E-state index contributed by atoms with van der Waals surface area (Å²) in [5.41, 5.74) is 7.93. The molecule has 1 aromatic rings. The van der Waals surface area contributed by atoms with Crippen molar-refractivity contribution in [2.24, 2.45) is 0 Å². The third-order valence-electron chi connectivity index (χ3n) is 2.95. The van der Waals surface area contributed by atoms with Crippen molar-refractivity contribution in [2.45, 2.75) is 32.4 Å². The van der Waals surface area contributed by atoms with E-state index in [9.17, 15) is 0 Å². The number of nitrogens with two attached hydrogens (primary N) is 1. The summed E-state index contributed by atoms with van der Waals surface area (Å²) in [4.78, 5) is 2.47. The number of hydrogen-bond donors (Lipinski definition) is 1. The van der Waals surface area contributed by atoms with Gasteiger partial charge < -0.3 is 5.73 Å². The Morgan fingerprint density at radius 2 is 2.20 bits per heavy atom. The van der Waals surface area contributed by atoms with E-state index in [4.69, 9.17) is 17.3 Å². The smallest absolute Gasteiger partial charge is 0.0426 e. The molecular formula is C12H17ClN2. The van der Waals surface area contributed by atoms with Crippen molar-refractivity contribution in [3.63, 3.8) is 0 Å². The third kappa shape index (κ3) is 2.64. The molecule has 0 bridgehead atoms. The fourth-order valence-corrected chi connectivity index (χ4v) is 2.05. The lowest BCUT2D eigenvalue weighted by Gasteiger charge is -2.20. The minimum Gasteiger partial charge on any atom is -0.398 e. The van der Waals surface area contributed by atoms with E-state index in [1.807, 2.05) is 18.2 Å². The van der Waals surface area contributed by atoms with Gasteiger partial charge in [-0.05, 0) is 37.1 Å². The maximum atomic E-state index is 5.93. The van der Waals surface area contributed by atoms with Crippen LogP contribution in [0.25, 0.3) is 0 Å². The van der Waals surface area contributed by atoms with Crippen LogP contribution in [0.1, 0.15) is 25.3 Å². The van der Waals surface area contributed by atoms with Crippen LogP contribution in [-0.2, 0) is 6.54 Å². The molecule has 0 amide bonds. The lowest BCUT2D eigenvalue weighted by molar-refractivity contribution is 0.270. The van der Waals surface area contributed by atoms with Crippen molar-refractivity contribution in [3.05, 3.63) is 28.8 Å². The predicted molar refractivity (Wildman–Crippen MR) is 65.0 cm³/mol. The second-order valence-electron chi connectivity index (χ2n) is 4.14. The first kappa shape index (κ1) is 10.8. The van der Waals surface area contributed by atoms with Crippen LogP contribution in [-0.4, -0.2) is 17.5 Å². The fraction of sp³-hybridized carbons (Fsp3) is 0.500. The van der Waals surface area contributed by atoms with E-state index in [2.05, 4.69) is 11.8 Å². The van der Waals surface area contributed by atoms with Gasteiger partial charge in [0.2, 0.25) is 0 Å². The Morgan fingerprint density at radius 3 is 2.73 bits per heavy atom. The van der Waals surface area contributed by atoms with Gasteiger partial charge in [-0.15, -0.1) is 0 Å². The minimum atomic E-state index is 0.714. The lowest BCUT2D eigenvalue weighted by atomic mass is 10.1. The number of halogens is 1. The number of anilines is 1. The van der Waals surface area contributed by atoms with E-state index >= 15 is 0 Å². The molecule has 0 spiro atoms. The highest BCUT2D eigenvalue weighted by atomic mass is 35.5. The summed E-state index contributed by atoms with van der Waals surface area (Å²) >= 11 is 5.87. The van der Waals surface area contributed by atoms with Gasteiger partial charge in [-0.2, -0.15) is 0 Å². The summed E-state index contributed by atoms with van der Waals surface area (Å²) in [5.74, 6) is 0. The normalized spacial score (nSPS) is 15.9. The van der Waals surface area contributed by atoms with Crippen LogP contribution in [0.5, 0.6) is 0 Å². The summed E-state index contributed by atoms with van der Waals surface area (Å²) in [6.07, 6.45) is 2.67. The highest BCUT2D eigenvalue weighted by molar-refractivity contribution is 6.30. The molecule has 1 aliphatic rings. The van der Waals surface area contributed by atoms with Gasteiger partial charge in [0.1, 0.15) is 0 Å². The predicted octanol–water partition coefficient (Wildman–Crippen LogP) is 2.91. The van der Waals surface area contributed by atoms with Crippen molar-refractivity contribution < 1.29 is 0 Å². The molecule has 2 N–H and O–H groups in total. The zero-order valence-corrected chi connectivity index (χ0v) is 9.80. The fourth-order valence-electron chi connectivity index (χ4n) is 1.87. The maximum absolute atomic E-state index is 5.93. The van der Waals surface area contributed by atoms with Crippen LogP contribution in [0, 0.1) is 0 Å². The average molecular weight is 225 g/mol. The molecule has 2 nitrogen and oxygen atoms in total. The highest BCUT2D eigenvalue weighted by Crippen LogP contribution is 2.29. The Balaban J connectivity index is 2.08. The van der Waals surface area contributed by atoms with Gasteiger partial charge in [-0.1, -0.05) is 24.6 Å². The molecule has 82 valence electrons. The summed E-state index contributed by atoms with van der Waals surface area (Å²) in [5, 5.41) is 0.714. The molecule has 1 aliphatic carbocycles. The summed E-state index contributed by atoms with van der Waals surface area (Å²) < 4.78 is 0. The van der Waals surface area contributed by atoms with E-state index in [0.717, 1.165) is 24.8 Å². The molecule has 0 aliphatic heterocycles. The maximum Gasteiger partial charge on any atom is 0.0426 e. The molecule has 0 radical (unpaired) electrons. The van der Waals surface area contributed by atoms with Gasteiger partial charge in [0.25, 0.3) is 0 Å². The Bertz CT molecular complexity index is 347. The summed E-state index contributed by atoms with van der Waals surface area (Å²) in [6.45, 7) is 4.24. The van der Waals surface area contributed by atoms with Crippen LogP contribution in [0.15, 0.2) is 18.2 Å². The lowest BCUT2D eigenvalue weighted by Crippen LogP contribution is -2.25. The molecule has 15 heavy (non-hydrogen) atoms. The molecule has 0 saturated heterocycles. The van der Waals surface area contributed by atoms with Gasteiger partial charge >= 0.3 is 0 Å². The molecule has 0 heterocycles. The Kier molecular flexibility index (Phi) is 3.17.